The van der Waals surface area contributed by atoms with Gasteiger partial charge in [-0.15, -0.1) is 0 Å². The summed E-state index contributed by atoms with van der Waals surface area (Å²) in [4.78, 5) is 14.6. The number of hydrazone groups is 1. The van der Waals surface area contributed by atoms with Crippen LogP contribution < -0.4 is 10.3 Å². The van der Waals surface area contributed by atoms with E-state index in [9.17, 15) is 9.18 Å². The molecule has 4 nitrogen and oxygen atoms in total. The predicted octanol–water partition coefficient (Wildman–Crippen LogP) is 5.22. The second-order valence-corrected chi connectivity index (χ2v) is 6.22. The Labute approximate surface area is 161 Å². The van der Waals surface area contributed by atoms with Crippen molar-refractivity contribution >= 4 is 34.6 Å². The first kappa shape index (κ1) is 18.6. The van der Waals surface area contributed by atoms with Gasteiger partial charge in [0.05, 0.1) is 5.69 Å². The highest BCUT2D eigenvalue weighted by atomic mass is 35.5. The van der Waals surface area contributed by atoms with Crippen LogP contribution in [0.25, 0.3) is 0 Å². The zero-order valence-corrected chi connectivity index (χ0v) is 15.3. The van der Waals surface area contributed by atoms with Gasteiger partial charge < -0.3 is 4.90 Å². The number of carbonyl (C=O) groups excluding carboxylic acids is 1. The molecule has 0 spiro atoms. The van der Waals surface area contributed by atoms with E-state index in [1.54, 1.807) is 72.6 Å². The molecule has 0 heterocycles. The van der Waals surface area contributed by atoms with E-state index in [1.165, 1.54) is 12.1 Å². The molecule has 3 rings (SSSR count). The van der Waals surface area contributed by atoms with Gasteiger partial charge in [-0.05, 0) is 48.5 Å². The van der Waals surface area contributed by atoms with Gasteiger partial charge in [0, 0.05) is 23.3 Å². The van der Waals surface area contributed by atoms with E-state index < -0.39 is 0 Å². The number of anilines is 2. The molecule has 0 saturated carbocycles. The molecule has 0 atom stereocenters. The lowest BCUT2D eigenvalue weighted by atomic mass is 10.1. The maximum Gasteiger partial charge on any atom is 0.230 e. The van der Waals surface area contributed by atoms with Gasteiger partial charge in [-0.3, -0.25) is 10.2 Å². The highest BCUT2D eigenvalue weighted by Gasteiger charge is 2.20. The number of nitrogens with zero attached hydrogens (tertiary/aromatic N) is 2. The number of benzene rings is 3. The van der Waals surface area contributed by atoms with Crippen LogP contribution in [0, 0.1) is 5.82 Å². The van der Waals surface area contributed by atoms with Crippen LogP contribution in [0.3, 0.4) is 0 Å². The largest absolute Gasteiger partial charge is 0.325 e. The molecule has 0 bridgehead atoms. The van der Waals surface area contributed by atoms with Crippen LogP contribution in [-0.2, 0) is 0 Å². The normalized spacial score (nSPS) is 11.1. The number of carbonyl (C=O) groups is 1. The summed E-state index contributed by atoms with van der Waals surface area (Å²) in [5.41, 5.74) is 4.70. The fourth-order valence-electron chi connectivity index (χ4n) is 2.43. The van der Waals surface area contributed by atoms with Crippen molar-refractivity contribution in [3.63, 3.8) is 0 Å². The van der Waals surface area contributed by atoms with Crippen molar-refractivity contribution in [3.8, 4) is 0 Å². The minimum absolute atomic E-state index is 0.169. The van der Waals surface area contributed by atoms with E-state index >= 15 is 0 Å². The summed E-state index contributed by atoms with van der Waals surface area (Å²) in [6.07, 6.45) is 0. The van der Waals surface area contributed by atoms with Crippen molar-refractivity contribution in [2.24, 2.45) is 5.10 Å². The number of hydrogen-bond donors (Lipinski definition) is 1. The molecule has 0 aliphatic rings. The number of nitrogens with one attached hydrogen (secondary N) is 1. The van der Waals surface area contributed by atoms with Gasteiger partial charge in [0.1, 0.15) is 5.82 Å². The van der Waals surface area contributed by atoms with Crippen LogP contribution in [-0.4, -0.2) is 18.7 Å². The summed E-state index contributed by atoms with van der Waals surface area (Å²) in [7, 11) is 1.70. The molecule has 0 fully saturated rings. The first-order chi connectivity index (χ1) is 13.0. The second-order valence-electron chi connectivity index (χ2n) is 5.78. The van der Waals surface area contributed by atoms with Crippen molar-refractivity contribution in [1.29, 1.82) is 0 Å². The molecule has 3 aromatic rings. The highest BCUT2D eigenvalue weighted by molar-refractivity contribution is 6.49. The SMILES string of the molecule is CN(C(=NNc1ccc(Cl)cc1)C(=O)c1ccccc1)c1ccc(F)cc1. The first-order valence-electron chi connectivity index (χ1n) is 8.23. The van der Waals surface area contributed by atoms with Crippen LogP contribution >= 0.6 is 11.6 Å². The summed E-state index contributed by atoms with van der Waals surface area (Å²) < 4.78 is 13.2. The lowest BCUT2D eigenvalue weighted by Crippen LogP contribution is -2.34. The van der Waals surface area contributed by atoms with E-state index in [4.69, 9.17) is 11.6 Å². The maximum atomic E-state index is 13.2. The Morgan fingerprint density at radius 1 is 0.963 bits per heavy atom. The third kappa shape index (κ3) is 4.71. The Morgan fingerprint density at radius 2 is 1.59 bits per heavy atom. The fraction of sp³-hybridized carbons (Fsp3) is 0.0476. The number of rotatable bonds is 5. The Kier molecular flexibility index (Phi) is 5.84. The molecule has 0 radical (unpaired) electrons. The molecular weight excluding hydrogens is 365 g/mol. The summed E-state index contributed by atoms with van der Waals surface area (Å²) in [5.74, 6) is -0.439. The van der Waals surface area contributed by atoms with E-state index in [-0.39, 0.29) is 17.4 Å². The summed E-state index contributed by atoms with van der Waals surface area (Å²) in [6.45, 7) is 0. The van der Waals surface area contributed by atoms with Crippen molar-refractivity contribution in [2.75, 3.05) is 17.4 Å². The molecule has 0 unspecified atom stereocenters. The number of likely N-dealkylation sites (N-methyl/N-ethyl adjacent to an activating group) is 1. The fourth-order valence-corrected chi connectivity index (χ4v) is 2.55. The molecule has 0 aliphatic heterocycles. The standard InChI is InChI=1S/C21H17ClFN3O/c1-26(19-13-9-17(23)10-14-19)21(20(27)15-5-3-2-4-6-15)25-24-18-11-7-16(22)8-12-18/h2-14,24H,1H3. The molecular formula is C21H17ClFN3O. The topological polar surface area (TPSA) is 44.7 Å². The maximum absolute atomic E-state index is 13.2. The summed E-state index contributed by atoms with van der Waals surface area (Å²) >= 11 is 5.89. The number of hydrogen-bond acceptors (Lipinski definition) is 3. The van der Waals surface area contributed by atoms with Gasteiger partial charge in [-0.25, -0.2) is 4.39 Å². The number of halogens is 2. The molecule has 0 amide bonds. The van der Waals surface area contributed by atoms with Crippen LogP contribution in [0.4, 0.5) is 15.8 Å². The molecule has 1 N–H and O–H groups in total. The lowest BCUT2D eigenvalue weighted by Gasteiger charge is -2.20. The molecule has 3 aromatic carbocycles. The predicted molar refractivity (Wildman–Crippen MR) is 108 cm³/mol. The molecule has 27 heavy (non-hydrogen) atoms. The molecule has 0 aliphatic carbocycles. The first-order valence-corrected chi connectivity index (χ1v) is 8.61. The third-order valence-corrected chi connectivity index (χ3v) is 4.16. The van der Waals surface area contributed by atoms with Crippen molar-refractivity contribution in [2.45, 2.75) is 0 Å². The Balaban J connectivity index is 1.94. The third-order valence-electron chi connectivity index (χ3n) is 3.91. The van der Waals surface area contributed by atoms with E-state index in [2.05, 4.69) is 10.5 Å². The Morgan fingerprint density at radius 3 is 2.22 bits per heavy atom. The number of amidine groups is 1. The Bertz CT molecular complexity index is 941. The van der Waals surface area contributed by atoms with Crippen LogP contribution in [0.1, 0.15) is 10.4 Å². The summed E-state index contributed by atoms with van der Waals surface area (Å²) in [6, 6.07) is 21.7. The van der Waals surface area contributed by atoms with Crippen molar-refractivity contribution in [1.82, 2.24) is 0 Å². The van der Waals surface area contributed by atoms with Crippen LogP contribution in [0.5, 0.6) is 0 Å². The average molecular weight is 382 g/mol. The smallest absolute Gasteiger partial charge is 0.230 e. The minimum atomic E-state index is -0.348. The van der Waals surface area contributed by atoms with Crippen LogP contribution in [0.2, 0.25) is 5.02 Å². The molecule has 136 valence electrons. The lowest BCUT2D eigenvalue weighted by molar-refractivity contribution is 0.106. The quantitative estimate of drug-likeness (QED) is 0.285. The zero-order chi connectivity index (χ0) is 19.2. The van der Waals surface area contributed by atoms with Gasteiger partial charge in [-0.1, -0.05) is 41.9 Å². The zero-order valence-electron chi connectivity index (χ0n) is 14.6. The van der Waals surface area contributed by atoms with Gasteiger partial charge in [0.2, 0.25) is 11.6 Å². The molecule has 0 saturated heterocycles. The monoisotopic (exact) mass is 381 g/mol. The average Bonchev–Trinajstić information content (AvgIpc) is 2.70. The Hall–Kier alpha value is -3.18. The molecule has 6 heteroatoms. The molecule has 0 aromatic heterocycles. The van der Waals surface area contributed by atoms with Gasteiger partial charge in [0.15, 0.2) is 0 Å². The number of ketones is 1. The second kappa shape index (κ2) is 8.47. The van der Waals surface area contributed by atoms with E-state index in [1.807, 2.05) is 6.07 Å². The van der Waals surface area contributed by atoms with Gasteiger partial charge in [-0.2, -0.15) is 5.10 Å². The number of Topliss-reactive ketones (excluding diaryl/α,β-unsaturated/α-hetero) is 1. The minimum Gasteiger partial charge on any atom is -0.325 e. The van der Waals surface area contributed by atoms with Crippen molar-refractivity contribution < 1.29 is 9.18 Å². The van der Waals surface area contributed by atoms with E-state index in [0.717, 1.165) is 0 Å². The summed E-state index contributed by atoms with van der Waals surface area (Å²) in [5, 5.41) is 4.91. The van der Waals surface area contributed by atoms with Crippen molar-refractivity contribution in [3.05, 3.63) is 95.3 Å². The highest BCUT2D eigenvalue weighted by Crippen LogP contribution is 2.17. The van der Waals surface area contributed by atoms with E-state index in [0.29, 0.717) is 22.0 Å². The van der Waals surface area contributed by atoms with Gasteiger partial charge in [0.25, 0.3) is 0 Å². The van der Waals surface area contributed by atoms with Gasteiger partial charge >= 0.3 is 0 Å². The van der Waals surface area contributed by atoms with Crippen LogP contribution in [0.15, 0.2) is 84.0 Å².